The summed E-state index contributed by atoms with van der Waals surface area (Å²) in [7, 11) is 1.89. The van der Waals surface area contributed by atoms with Crippen LogP contribution in [-0.2, 0) is 7.05 Å². The van der Waals surface area contributed by atoms with Gasteiger partial charge < -0.3 is 5.32 Å². The number of hydrogen-bond donors (Lipinski definition) is 1. The lowest BCUT2D eigenvalue weighted by molar-refractivity contribution is 0.0945. The van der Waals surface area contributed by atoms with Crippen LogP contribution in [0.2, 0.25) is 0 Å². The van der Waals surface area contributed by atoms with Gasteiger partial charge in [0, 0.05) is 18.7 Å². The van der Waals surface area contributed by atoms with Crippen molar-refractivity contribution in [1.29, 1.82) is 0 Å². The van der Waals surface area contributed by atoms with Gasteiger partial charge in [-0.05, 0) is 50.8 Å². The molecule has 1 aromatic heterocycles. The topological polar surface area (TPSA) is 46.9 Å². The Morgan fingerprint density at radius 3 is 2.38 bits per heavy atom. The van der Waals surface area contributed by atoms with E-state index in [1.165, 1.54) is 22.3 Å². The van der Waals surface area contributed by atoms with Gasteiger partial charge in [0.15, 0.2) is 5.69 Å². The smallest absolute Gasteiger partial charge is 0.272 e. The van der Waals surface area contributed by atoms with E-state index >= 15 is 0 Å². The van der Waals surface area contributed by atoms with Gasteiger partial charge in [0.25, 0.3) is 5.91 Å². The molecule has 1 heterocycles. The Labute approximate surface area is 125 Å². The molecule has 0 bridgehead atoms. The largest absolute Gasteiger partial charge is 0.348 e. The molecule has 1 N–H and O–H groups in total. The zero-order valence-corrected chi connectivity index (χ0v) is 13.0. The normalized spacial score (nSPS) is 14.3. The second kappa shape index (κ2) is 5.02. The highest BCUT2D eigenvalue weighted by atomic mass is 16.2. The molecular formula is C17H21N3O. The monoisotopic (exact) mass is 283 g/mol. The minimum atomic E-state index is -0.0678. The molecule has 1 aromatic carbocycles. The maximum atomic E-state index is 12.1. The SMILES string of the molecule is Cc1cc(C)c(-c2cc(C(=O)NC3CC3)nn2C)c(C)c1. The van der Waals surface area contributed by atoms with Crippen molar-refractivity contribution in [3.63, 3.8) is 0 Å². The van der Waals surface area contributed by atoms with Crippen molar-refractivity contribution in [2.75, 3.05) is 0 Å². The van der Waals surface area contributed by atoms with E-state index in [0.29, 0.717) is 11.7 Å². The Bertz CT molecular complexity index is 688. The highest BCUT2D eigenvalue weighted by Crippen LogP contribution is 2.29. The van der Waals surface area contributed by atoms with Crippen molar-refractivity contribution in [3.05, 3.63) is 40.6 Å². The average molecular weight is 283 g/mol. The zero-order chi connectivity index (χ0) is 15.1. The fourth-order valence-electron chi connectivity index (χ4n) is 2.88. The zero-order valence-electron chi connectivity index (χ0n) is 13.0. The number of rotatable bonds is 3. The Hall–Kier alpha value is -2.10. The van der Waals surface area contributed by atoms with Crippen molar-refractivity contribution in [2.24, 2.45) is 7.05 Å². The van der Waals surface area contributed by atoms with Gasteiger partial charge in [0.2, 0.25) is 0 Å². The number of carbonyl (C=O) groups is 1. The van der Waals surface area contributed by atoms with Crippen LogP contribution < -0.4 is 5.32 Å². The summed E-state index contributed by atoms with van der Waals surface area (Å²) in [5.74, 6) is -0.0678. The fraction of sp³-hybridized carbons (Fsp3) is 0.412. The van der Waals surface area contributed by atoms with Gasteiger partial charge in [0.1, 0.15) is 0 Å². The van der Waals surface area contributed by atoms with Crippen LogP contribution in [0.4, 0.5) is 0 Å². The maximum absolute atomic E-state index is 12.1. The third-order valence-electron chi connectivity index (χ3n) is 3.96. The molecule has 1 saturated carbocycles. The van der Waals surface area contributed by atoms with E-state index in [0.717, 1.165) is 18.5 Å². The number of benzene rings is 1. The van der Waals surface area contributed by atoms with Gasteiger partial charge in [-0.3, -0.25) is 9.48 Å². The molecule has 21 heavy (non-hydrogen) atoms. The predicted molar refractivity (Wildman–Crippen MR) is 83.3 cm³/mol. The third kappa shape index (κ3) is 2.71. The Morgan fingerprint density at radius 1 is 1.19 bits per heavy atom. The van der Waals surface area contributed by atoms with E-state index in [-0.39, 0.29) is 5.91 Å². The summed E-state index contributed by atoms with van der Waals surface area (Å²) in [5, 5.41) is 7.36. The summed E-state index contributed by atoms with van der Waals surface area (Å²) in [5.41, 5.74) is 6.34. The summed E-state index contributed by atoms with van der Waals surface area (Å²) in [6.07, 6.45) is 2.17. The molecule has 1 aliphatic carbocycles. The van der Waals surface area contributed by atoms with Crippen LogP contribution in [0.25, 0.3) is 11.3 Å². The van der Waals surface area contributed by atoms with Crippen LogP contribution >= 0.6 is 0 Å². The molecule has 0 saturated heterocycles. The number of carbonyl (C=O) groups excluding carboxylic acids is 1. The lowest BCUT2D eigenvalue weighted by Gasteiger charge is -2.11. The van der Waals surface area contributed by atoms with Gasteiger partial charge in [-0.1, -0.05) is 17.7 Å². The van der Waals surface area contributed by atoms with Gasteiger partial charge in [-0.25, -0.2) is 0 Å². The van der Waals surface area contributed by atoms with Crippen LogP contribution in [0.15, 0.2) is 18.2 Å². The van der Waals surface area contributed by atoms with Crippen LogP contribution in [0.3, 0.4) is 0 Å². The summed E-state index contributed by atoms with van der Waals surface area (Å²) >= 11 is 0. The average Bonchev–Trinajstić information content (AvgIpc) is 3.11. The predicted octanol–water partition coefficient (Wildman–Crippen LogP) is 2.90. The van der Waals surface area contributed by atoms with Crippen LogP contribution in [0, 0.1) is 20.8 Å². The molecule has 1 fully saturated rings. The number of nitrogens with zero attached hydrogens (tertiary/aromatic N) is 2. The molecule has 0 aliphatic heterocycles. The molecule has 0 unspecified atom stereocenters. The minimum Gasteiger partial charge on any atom is -0.348 e. The Kier molecular flexibility index (Phi) is 3.32. The Balaban J connectivity index is 1.99. The molecule has 3 rings (SSSR count). The first-order chi connectivity index (χ1) is 9.95. The molecule has 4 heteroatoms. The minimum absolute atomic E-state index is 0.0678. The van der Waals surface area contributed by atoms with E-state index in [1.807, 2.05) is 13.1 Å². The van der Waals surface area contributed by atoms with Crippen LogP contribution in [0.1, 0.15) is 40.0 Å². The molecule has 0 spiro atoms. The summed E-state index contributed by atoms with van der Waals surface area (Å²) in [6.45, 7) is 6.31. The molecule has 1 amide bonds. The number of hydrogen-bond acceptors (Lipinski definition) is 2. The van der Waals surface area contributed by atoms with Crippen LogP contribution in [-0.4, -0.2) is 21.7 Å². The highest BCUT2D eigenvalue weighted by Gasteiger charge is 2.25. The Morgan fingerprint density at radius 2 is 1.81 bits per heavy atom. The molecule has 4 nitrogen and oxygen atoms in total. The van der Waals surface area contributed by atoms with Crippen molar-refractivity contribution in [2.45, 2.75) is 39.7 Å². The molecular weight excluding hydrogens is 262 g/mol. The molecule has 0 radical (unpaired) electrons. The summed E-state index contributed by atoms with van der Waals surface area (Å²) in [6, 6.07) is 6.58. The highest BCUT2D eigenvalue weighted by molar-refractivity contribution is 5.94. The van der Waals surface area contributed by atoms with Gasteiger partial charge in [0.05, 0.1) is 5.69 Å². The number of amides is 1. The first-order valence-electron chi connectivity index (χ1n) is 7.39. The van der Waals surface area contributed by atoms with E-state index in [2.05, 4.69) is 43.3 Å². The summed E-state index contributed by atoms with van der Waals surface area (Å²) < 4.78 is 1.80. The van der Waals surface area contributed by atoms with Crippen molar-refractivity contribution in [3.8, 4) is 11.3 Å². The maximum Gasteiger partial charge on any atom is 0.272 e. The van der Waals surface area contributed by atoms with E-state index in [1.54, 1.807) is 4.68 Å². The number of aromatic nitrogens is 2. The van der Waals surface area contributed by atoms with Crippen LogP contribution in [0.5, 0.6) is 0 Å². The van der Waals surface area contributed by atoms with Gasteiger partial charge in [-0.2, -0.15) is 5.10 Å². The fourth-order valence-corrected chi connectivity index (χ4v) is 2.88. The van der Waals surface area contributed by atoms with E-state index in [4.69, 9.17) is 0 Å². The van der Waals surface area contributed by atoms with Crippen molar-refractivity contribution >= 4 is 5.91 Å². The number of aryl methyl sites for hydroxylation is 4. The lowest BCUT2D eigenvalue weighted by atomic mass is 9.97. The standard InChI is InChI=1S/C17H21N3O/c1-10-7-11(2)16(12(3)8-10)15-9-14(19-20(15)4)17(21)18-13-5-6-13/h7-9,13H,5-6H2,1-4H3,(H,18,21). The molecule has 110 valence electrons. The second-order valence-electron chi connectivity index (χ2n) is 6.06. The molecule has 2 aromatic rings. The first kappa shape index (κ1) is 13.9. The van der Waals surface area contributed by atoms with E-state index in [9.17, 15) is 4.79 Å². The summed E-state index contributed by atoms with van der Waals surface area (Å²) in [4.78, 5) is 12.1. The molecule has 0 atom stereocenters. The van der Waals surface area contributed by atoms with Gasteiger partial charge in [-0.15, -0.1) is 0 Å². The lowest BCUT2D eigenvalue weighted by Crippen LogP contribution is -2.25. The van der Waals surface area contributed by atoms with E-state index < -0.39 is 0 Å². The first-order valence-corrected chi connectivity index (χ1v) is 7.39. The van der Waals surface area contributed by atoms with Crippen molar-refractivity contribution < 1.29 is 4.79 Å². The third-order valence-corrected chi connectivity index (χ3v) is 3.96. The molecule has 1 aliphatic rings. The van der Waals surface area contributed by atoms with Crippen molar-refractivity contribution in [1.82, 2.24) is 15.1 Å². The van der Waals surface area contributed by atoms with Gasteiger partial charge >= 0.3 is 0 Å². The number of nitrogens with one attached hydrogen (secondary N) is 1. The quantitative estimate of drug-likeness (QED) is 0.941. The second-order valence-corrected chi connectivity index (χ2v) is 6.06.